The van der Waals surface area contributed by atoms with Crippen molar-refractivity contribution in [3.63, 3.8) is 0 Å². The summed E-state index contributed by atoms with van der Waals surface area (Å²) in [5, 5.41) is 1.44. The molecule has 0 radical (unpaired) electrons. The van der Waals surface area contributed by atoms with E-state index in [9.17, 15) is 0 Å². The molecule has 4 heteroatoms. The summed E-state index contributed by atoms with van der Waals surface area (Å²) in [4.78, 5) is 5.10. The van der Waals surface area contributed by atoms with Gasteiger partial charge in [-0.2, -0.15) is 0 Å². The average Bonchev–Trinajstić information content (AvgIpc) is 2.94. The van der Waals surface area contributed by atoms with Gasteiger partial charge in [-0.25, -0.2) is 0 Å². The van der Waals surface area contributed by atoms with Gasteiger partial charge in [-0.15, -0.1) is 0 Å². The van der Waals surface area contributed by atoms with Crippen LogP contribution in [0.4, 0.5) is 0 Å². The molecular formula is C22H24BrN3. The van der Waals surface area contributed by atoms with Gasteiger partial charge in [0.1, 0.15) is 0 Å². The number of hydrogen-bond donors (Lipinski definition) is 0. The van der Waals surface area contributed by atoms with Crippen molar-refractivity contribution in [3.8, 4) is 0 Å². The van der Waals surface area contributed by atoms with Crippen LogP contribution in [0, 0.1) is 0 Å². The number of halogens is 1. The van der Waals surface area contributed by atoms with E-state index in [0.717, 1.165) is 30.5 Å². The third-order valence-electron chi connectivity index (χ3n) is 6.23. The summed E-state index contributed by atoms with van der Waals surface area (Å²) in [6, 6.07) is 18.7. The second-order valence-electron chi connectivity index (χ2n) is 7.78. The van der Waals surface area contributed by atoms with Gasteiger partial charge in [0.2, 0.25) is 0 Å². The molecule has 0 bridgehead atoms. The fourth-order valence-corrected chi connectivity index (χ4v) is 5.32. The molecule has 0 aliphatic carbocycles. The number of rotatable bonds is 2. The number of hydrogen-bond acceptors (Lipinski definition) is 2. The Morgan fingerprint density at radius 3 is 2.65 bits per heavy atom. The predicted octanol–water partition coefficient (Wildman–Crippen LogP) is 4.45. The number of benzene rings is 2. The lowest BCUT2D eigenvalue weighted by atomic mass is 9.88. The van der Waals surface area contributed by atoms with Gasteiger partial charge in [-0.3, -0.25) is 9.80 Å². The molecule has 26 heavy (non-hydrogen) atoms. The monoisotopic (exact) mass is 409 g/mol. The van der Waals surface area contributed by atoms with Crippen LogP contribution in [0.25, 0.3) is 10.9 Å². The highest BCUT2D eigenvalue weighted by Crippen LogP contribution is 2.43. The molecule has 3 heterocycles. The lowest BCUT2D eigenvalue weighted by Crippen LogP contribution is -2.52. The summed E-state index contributed by atoms with van der Waals surface area (Å²) in [6.07, 6.45) is 2.24. The zero-order valence-electron chi connectivity index (χ0n) is 15.3. The van der Waals surface area contributed by atoms with E-state index in [0.29, 0.717) is 12.1 Å². The molecule has 0 amide bonds. The Morgan fingerprint density at radius 2 is 1.85 bits per heavy atom. The van der Waals surface area contributed by atoms with Crippen LogP contribution in [0.1, 0.15) is 22.9 Å². The van der Waals surface area contributed by atoms with E-state index in [1.54, 1.807) is 11.3 Å². The second kappa shape index (κ2) is 6.22. The molecule has 0 saturated heterocycles. The molecule has 2 aliphatic heterocycles. The molecule has 0 saturated carbocycles. The molecule has 134 valence electrons. The van der Waals surface area contributed by atoms with Crippen molar-refractivity contribution < 1.29 is 0 Å². The summed E-state index contributed by atoms with van der Waals surface area (Å²) in [5.41, 5.74) is 5.92. The van der Waals surface area contributed by atoms with Crippen LogP contribution < -0.4 is 0 Å². The van der Waals surface area contributed by atoms with Crippen molar-refractivity contribution in [2.45, 2.75) is 31.6 Å². The molecule has 0 unspecified atom stereocenters. The molecule has 3 nitrogen and oxygen atoms in total. The molecule has 2 atom stereocenters. The SMILES string of the molecule is CN1Cn2c3c(c4ccc(Br)cc42)CCN(C)[C@@H]3[C@@H]1Cc1ccccc1. The average molecular weight is 410 g/mol. The van der Waals surface area contributed by atoms with Gasteiger partial charge in [0.15, 0.2) is 0 Å². The topological polar surface area (TPSA) is 11.4 Å². The summed E-state index contributed by atoms with van der Waals surface area (Å²) < 4.78 is 3.71. The Bertz CT molecular complexity index is 962. The van der Waals surface area contributed by atoms with Crippen LogP contribution in [-0.4, -0.2) is 41.0 Å². The minimum atomic E-state index is 0.448. The van der Waals surface area contributed by atoms with E-state index in [1.165, 1.54) is 16.5 Å². The highest BCUT2D eigenvalue weighted by Gasteiger charge is 2.41. The molecule has 2 aromatic carbocycles. The largest absolute Gasteiger partial charge is 0.329 e. The zero-order chi connectivity index (χ0) is 17.8. The van der Waals surface area contributed by atoms with Crippen LogP contribution >= 0.6 is 15.9 Å². The Balaban J connectivity index is 1.66. The Labute approximate surface area is 163 Å². The molecule has 0 N–H and O–H groups in total. The Hall–Kier alpha value is -1.62. The lowest BCUT2D eigenvalue weighted by Gasteiger charge is -2.47. The van der Waals surface area contributed by atoms with Crippen LogP contribution in [0.2, 0.25) is 0 Å². The highest BCUT2D eigenvalue weighted by atomic mass is 79.9. The fraction of sp³-hybridized carbons (Fsp3) is 0.364. The van der Waals surface area contributed by atoms with Gasteiger partial charge in [-0.05, 0) is 50.2 Å². The molecule has 3 aromatic rings. The summed E-state index contributed by atoms with van der Waals surface area (Å²) in [6.45, 7) is 2.09. The minimum absolute atomic E-state index is 0.448. The maximum atomic E-state index is 3.67. The van der Waals surface area contributed by atoms with E-state index < -0.39 is 0 Å². The molecule has 2 aliphatic rings. The van der Waals surface area contributed by atoms with Gasteiger partial charge in [0.05, 0.1) is 18.2 Å². The van der Waals surface area contributed by atoms with Gasteiger partial charge < -0.3 is 4.57 Å². The number of likely N-dealkylation sites (N-methyl/N-ethyl adjacent to an activating group) is 2. The Morgan fingerprint density at radius 1 is 1.04 bits per heavy atom. The van der Waals surface area contributed by atoms with Crippen LogP contribution in [0.5, 0.6) is 0 Å². The molecule has 5 rings (SSSR count). The molecule has 0 fully saturated rings. The van der Waals surface area contributed by atoms with Crippen LogP contribution in [-0.2, 0) is 19.5 Å². The van der Waals surface area contributed by atoms with Crippen molar-refractivity contribution in [2.75, 3.05) is 20.6 Å². The maximum absolute atomic E-state index is 3.67. The van der Waals surface area contributed by atoms with Crippen molar-refractivity contribution in [1.82, 2.24) is 14.4 Å². The normalized spacial score (nSPS) is 23.3. The van der Waals surface area contributed by atoms with E-state index in [1.807, 2.05) is 0 Å². The predicted molar refractivity (Wildman–Crippen MR) is 110 cm³/mol. The summed E-state index contributed by atoms with van der Waals surface area (Å²) in [5.74, 6) is 0. The first kappa shape index (κ1) is 16.5. The smallest absolute Gasteiger partial charge is 0.0755 e. The van der Waals surface area contributed by atoms with Crippen LogP contribution in [0.3, 0.4) is 0 Å². The van der Waals surface area contributed by atoms with Crippen molar-refractivity contribution >= 4 is 26.8 Å². The minimum Gasteiger partial charge on any atom is -0.329 e. The highest BCUT2D eigenvalue weighted by molar-refractivity contribution is 9.10. The van der Waals surface area contributed by atoms with Gasteiger partial charge in [0.25, 0.3) is 0 Å². The fourth-order valence-electron chi connectivity index (χ4n) is 4.97. The third kappa shape index (κ3) is 2.47. The molecule has 0 spiro atoms. The van der Waals surface area contributed by atoms with E-state index in [-0.39, 0.29) is 0 Å². The summed E-state index contributed by atoms with van der Waals surface area (Å²) >= 11 is 3.67. The van der Waals surface area contributed by atoms with Gasteiger partial charge in [-0.1, -0.05) is 52.3 Å². The van der Waals surface area contributed by atoms with E-state index in [4.69, 9.17) is 0 Å². The number of aromatic nitrogens is 1. The summed E-state index contributed by atoms with van der Waals surface area (Å²) in [7, 11) is 4.57. The quantitative estimate of drug-likeness (QED) is 0.619. The van der Waals surface area contributed by atoms with Gasteiger partial charge >= 0.3 is 0 Å². The number of nitrogens with zero attached hydrogens (tertiary/aromatic N) is 3. The second-order valence-corrected chi connectivity index (χ2v) is 8.70. The first-order chi connectivity index (χ1) is 12.6. The first-order valence-corrected chi connectivity index (χ1v) is 10.2. The van der Waals surface area contributed by atoms with E-state index >= 15 is 0 Å². The molecular weight excluding hydrogens is 386 g/mol. The van der Waals surface area contributed by atoms with Crippen molar-refractivity contribution in [1.29, 1.82) is 0 Å². The Kier molecular flexibility index (Phi) is 3.96. The maximum Gasteiger partial charge on any atom is 0.0755 e. The van der Waals surface area contributed by atoms with Crippen LogP contribution in [0.15, 0.2) is 53.0 Å². The number of fused-ring (bicyclic) bond motifs is 3. The third-order valence-corrected chi connectivity index (χ3v) is 6.72. The lowest BCUT2D eigenvalue weighted by molar-refractivity contribution is 0.0515. The standard InChI is InChI=1S/C22H24BrN3/c1-24-11-10-18-17-9-8-16(23)13-19(17)26-14-25(2)20(22(24)21(18)26)12-15-6-4-3-5-7-15/h3-9,13,20,22H,10-12,14H2,1-2H3/t20-,22+/m0/s1. The van der Waals surface area contributed by atoms with Gasteiger partial charge in [0, 0.05) is 28.1 Å². The first-order valence-electron chi connectivity index (χ1n) is 9.38. The van der Waals surface area contributed by atoms with E-state index in [2.05, 4.69) is 92.9 Å². The van der Waals surface area contributed by atoms with Crippen molar-refractivity contribution in [3.05, 3.63) is 69.8 Å². The zero-order valence-corrected chi connectivity index (χ0v) is 16.9. The van der Waals surface area contributed by atoms with Crippen molar-refractivity contribution in [2.24, 2.45) is 0 Å². The molecule has 1 aromatic heterocycles.